The molecule has 4 rings (SSSR count). The van der Waals surface area contributed by atoms with Gasteiger partial charge in [-0.25, -0.2) is 14.8 Å². The van der Waals surface area contributed by atoms with Gasteiger partial charge in [-0.2, -0.15) is 0 Å². The van der Waals surface area contributed by atoms with Gasteiger partial charge in [0.25, 0.3) is 5.56 Å². The Morgan fingerprint density at radius 3 is 2.55 bits per heavy atom. The van der Waals surface area contributed by atoms with E-state index in [4.69, 9.17) is 4.74 Å². The van der Waals surface area contributed by atoms with Crippen LogP contribution < -0.4 is 16.0 Å². The average molecular weight is 388 g/mol. The van der Waals surface area contributed by atoms with E-state index in [0.717, 1.165) is 16.7 Å². The van der Waals surface area contributed by atoms with Gasteiger partial charge in [-0.1, -0.05) is 42.0 Å². The number of aromatic nitrogens is 4. The van der Waals surface area contributed by atoms with E-state index in [1.54, 1.807) is 20.2 Å². The van der Waals surface area contributed by atoms with Crippen LogP contribution in [0.4, 0.5) is 0 Å². The molecule has 0 radical (unpaired) electrons. The van der Waals surface area contributed by atoms with Gasteiger partial charge < -0.3 is 4.74 Å². The third-order valence-electron chi connectivity index (χ3n) is 4.86. The van der Waals surface area contributed by atoms with Crippen LogP contribution in [0.3, 0.4) is 0 Å². The Kier molecular flexibility index (Phi) is 4.72. The minimum absolute atomic E-state index is 0.137. The summed E-state index contributed by atoms with van der Waals surface area (Å²) in [6.45, 7) is 2.14. The SMILES string of the molecule is COc1cccc(Cn2c(=O)c3cnc(-c4ccc(C)cc4)nc3n(C)c2=O)c1. The van der Waals surface area contributed by atoms with E-state index in [-0.39, 0.29) is 6.54 Å². The zero-order valence-electron chi connectivity index (χ0n) is 16.4. The van der Waals surface area contributed by atoms with Crippen molar-refractivity contribution < 1.29 is 4.74 Å². The fourth-order valence-corrected chi connectivity index (χ4v) is 3.22. The lowest BCUT2D eigenvalue weighted by Crippen LogP contribution is -2.39. The van der Waals surface area contributed by atoms with Crippen LogP contribution in [0.5, 0.6) is 5.75 Å². The standard InChI is InChI=1S/C22H20N4O3/c1-14-7-9-16(10-8-14)19-23-12-18-20(24-19)25(2)22(28)26(21(18)27)13-15-5-4-6-17(11-15)29-3/h4-12H,13H2,1-3H3. The van der Waals surface area contributed by atoms with Crippen molar-refractivity contribution in [3.05, 3.63) is 86.7 Å². The van der Waals surface area contributed by atoms with Crippen molar-refractivity contribution in [3.8, 4) is 17.1 Å². The predicted molar refractivity (Wildman–Crippen MR) is 111 cm³/mol. The minimum Gasteiger partial charge on any atom is -0.497 e. The zero-order chi connectivity index (χ0) is 20.5. The van der Waals surface area contributed by atoms with Gasteiger partial charge in [-0.3, -0.25) is 13.9 Å². The number of methoxy groups -OCH3 is 1. The van der Waals surface area contributed by atoms with E-state index < -0.39 is 11.2 Å². The molecule has 0 fully saturated rings. The molecule has 0 unspecified atom stereocenters. The molecule has 0 saturated carbocycles. The fourth-order valence-electron chi connectivity index (χ4n) is 3.22. The molecule has 0 aliphatic rings. The van der Waals surface area contributed by atoms with Gasteiger partial charge in [0.05, 0.1) is 13.7 Å². The maximum atomic E-state index is 13.0. The number of hydrogen-bond acceptors (Lipinski definition) is 5. The third kappa shape index (κ3) is 3.42. The largest absolute Gasteiger partial charge is 0.497 e. The lowest BCUT2D eigenvalue weighted by atomic mass is 10.1. The Morgan fingerprint density at radius 2 is 1.83 bits per heavy atom. The molecule has 2 aromatic heterocycles. The number of benzene rings is 2. The van der Waals surface area contributed by atoms with Crippen LogP contribution in [-0.4, -0.2) is 26.2 Å². The second kappa shape index (κ2) is 7.35. The molecule has 0 spiro atoms. The molecule has 0 aliphatic heterocycles. The molecule has 0 bridgehead atoms. The van der Waals surface area contributed by atoms with Crippen molar-refractivity contribution in [2.75, 3.05) is 7.11 Å². The van der Waals surface area contributed by atoms with Gasteiger partial charge in [-0.15, -0.1) is 0 Å². The maximum absolute atomic E-state index is 13.0. The number of ether oxygens (including phenoxy) is 1. The smallest absolute Gasteiger partial charge is 0.332 e. The Labute approximate surface area is 166 Å². The molecule has 146 valence electrons. The van der Waals surface area contributed by atoms with Crippen LogP contribution in [-0.2, 0) is 13.6 Å². The van der Waals surface area contributed by atoms with Gasteiger partial charge in [0.2, 0.25) is 0 Å². The quantitative estimate of drug-likeness (QED) is 0.537. The summed E-state index contributed by atoms with van der Waals surface area (Å²) in [7, 11) is 3.18. The van der Waals surface area contributed by atoms with Crippen LogP contribution in [0.25, 0.3) is 22.4 Å². The van der Waals surface area contributed by atoms with Gasteiger partial charge >= 0.3 is 5.69 Å². The van der Waals surface area contributed by atoms with E-state index >= 15 is 0 Å². The van der Waals surface area contributed by atoms with Gasteiger partial charge in [-0.05, 0) is 24.6 Å². The van der Waals surface area contributed by atoms with E-state index in [0.29, 0.717) is 22.6 Å². The Hall–Kier alpha value is -3.74. The van der Waals surface area contributed by atoms with E-state index in [1.807, 2.05) is 49.4 Å². The lowest BCUT2D eigenvalue weighted by Gasteiger charge is -2.11. The third-order valence-corrected chi connectivity index (χ3v) is 4.86. The highest BCUT2D eigenvalue weighted by Crippen LogP contribution is 2.17. The summed E-state index contributed by atoms with van der Waals surface area (Å²) in [5.41, 5.74) is 2.21. The molecule has 7 heteroatoms. The second-order valence-electron chi connectivity index (χ2n) is 6.88. The Morgan fingerprint density at radius 1 is 1.07 bits per heavy atom. The van der Waals surface area contributed by atoms with Crippen LogP contribution >= 0.6 is 0 Å². The lowest BCUT2D eigenvalue weighted by molar-refractivity contribution is 0.414. The molecule has 0 saturated heterocycles. The predicted octanol–water partition coefficient (Wildman–Crippen LogP) is 2.52. The molecule has 0 atom stereocenters. The van der Waals surface area contributed by atoms with E-state index in [9.17, 15) is 9.59 Å². The van der Waals surface area contributed by atoms with Crippen LogP contribution in [0.15, 0.2) is 64.3 Å². The van der Waals surface area contributed by atoms with Gasteiger partial charge in [0, 0.05) is 18.8 Å². The molecule has 0 amide bonds. The zero-order valence-corrected chi connectivity index (χ0v) is 16.4. The van der Waals surface area contributed by atoms with Crippen LogP contribution in [0.1, 0.15) is 11.1 Å². The van der Waals surface area contributed by atoms with Crippen molar-refractivity contribution >= 4 is 11.0 Å². The van der Waals surface area contributed by atoms with Crippen molar-refractivity contribution in [1.82, 2.24) is 19.1 Å². The fraction of sp³-hybridized carbons (Fsp3) is 0.182. The Bertz CT molecular complexity index is 1320. The van der Waals surface area contributed by atoms with Crippen molar-refractivity contribution in [3.63, 3.8) is 0 Å². The topological polar surface area (TPSA) is 79.0 Å². The van der Waals surface area contributed by atoms with E-state index in [2.05, 4.69) is 9.97 Å². The van der Waals surface area contributed by atoms with E-state index in [1.165, 1.54) is 15.3 Å². The molecule has 2 heterocycles. The monoisotopic (exact) mass is 388 g/mol. The first-order valence-corrected chi connectivity index (χ1v) is 9.14. The number of rotatable bonds is 4. The summed E-state index contributed by atoms with van der Waals surface area (Å²) in [5.74, 6) is 1.14. The number of fused-ring (bicyclic) bond motifs is 1. The molecule has 4 aromatic rings. The summed E-state index contributed by atoms with van der Waals surface area (Å²) in [4.78, 5) is 34.7. The molecule has 0 aliphatic carbocycles. The number of aryl methyl sites for hydroxylation is 2. The first kappa shape index (κ1) is 18.6. The normalized spacial score (nSPS) is 11.0. The first-order chi connectivity index (χ1) is 14.0. The second-order valence-corrected chi connectivity index (χ2v) is 6.88. The molecule has 7 nitrogen and oxygen atoms in total. The highest BCUT2D eigenvalue weighted by Gasteiger charge is 2.14. The minimum atomic E-state index is -0.432. The first-order valence-electron chi connectivity index (χ1n) is 9.14. The molecule has 29 heavy (non-hydrogen) atoms. The average Bonchev–Trinajstić information content (AvgIpc) is 2.75. The summed E-state index contributed by atoms with van der Waals surface area (Å²) in [5, 5.41) is 0.297. The number of nitrogens with zero attached hydrogens (tertiary/aromatic N) is 4. The van der Waals surface area contributed by atoms with Crippen LogP contribution in [0, 0.1) is 6.92 Å². The van der Waals surface area contributed by atoms with Crippen molar-refractivity contribution in [2.45, 2.75) is 13.5 Å². The molecular weight excluding hydrogens is 368 g/mol. The highest BCUT2D eigenvalue weighted by atomic mass is 16.5. The molecule has 2 aromatic carbocycles. The van der Waals surface area contributed by atoms with Gasteiger partial charge in [0.1, 0.15) is 11.1 Å². The highest BCUT2D eigenvalue weighted by molar-refractivity contribution is 5.75. The number of hydrogen-bond donors (Lipinski definition) is 0. The molecule has 0 N–H and O–H groups in total. The van der Waals surface area contributed by atoms with Crippen LogP contribution in [0.2, 0.25) is 0 Å². The Balaban J connectivity index is 1.84. The summed E-state index contributed by atoms with van der Waals surface area (Å²) < 4.78 is 7.79. The molecular formula is C22H20N4O3. The summed E-state index contributed by atoms with van der Waals surface area (Å²) >= 11 is 0. The maximum Gasteiger partial charge on any atom is 0.332 e. The summed E-state index contributed by atoms with van der Waals surface area (Å²) in [6.07, 6.45) is 1.49. The summed E-state index contributed by atoms with van der Waals surface area (Å²) in [6, 6.07) is 15.0. The van der Waals surface area contributed by atoms with Crippen molar-refractivity contribution in [2.24, 2.45) is 7.05 Å². The van der Waals surface area contributed by atoms with Gasteiger partial charge in [0.15, 0.2) is 11.5 Å². The van der Waals surface area contributed by atoms with Crippen molar-refractivity contribution in [1.29, 1.82) is 0 Å².